The van der Waals surface area contributed by atoms with Crippen molar-refractivity contribution in [3.8, 4) is 5.82 Å². The van der Waals surface area contributed by atoms with Gasteiger partial charge >= 0.3 is 0 Å². The molecule has 32 heavy (non-hydrogen) atoms. The molecule has 0 unspecified atom stereocenters. The molecule has 1 amide bonds. The van der Waals surface area contributed by atoms with Gasteiger partial charge in [0.15, 0.2) is 0 Å². The number of carbonyl (C=O) groups excluding carboxylic acids is 1. The summed E-state index contributed by atoms with van der Waals surface area (Å²) in [5.74, 6) is 1.60. The van der Waals surface area contributed by atoms with E-state index < -0.39 is 6.10 Å². The van der Waals surface area contributed by atoms with E-state index in [0.717, 1.165) is 11.4 Å². The van der Waals surface area contributed by atoms with Crippen LogP contribution in [0.3, 0.4) is 0 Å². The van der Waals surface area contributed by atoms with Crippen LogP contribution < -0.4 is 10.6 Å². The number of amides is 1. The van der Waals surface area contributed by atoms with Gasteiger partial charge < -0.3 is 15.7 Å². The first-order valence-electron chi connectivity index (χ1n) is 10.0. The van der Waals surface area contributed by atoms with Gasteiger partial charge in [0, 0.05) is 49.6 Å². The zero-order valence-corrected chi connectivity index (χ0v) is 17.4. The Balaban J connectivity index is 1.44. The first-order valence-corrected chi connectivity index (χ1v) is 10.0. The maximum Gasteiger partial charge on any atom is 0.275 e. The summed E-state index contributed by atoms with van der Waals surface area (Å²) in [5.41, 5.74) is 1.94. The summed E-state index contributed by atoms with van der Waals surface area (Å²) in [6.07, 6.45) is 9.70. The smallest absolute Gasteiger partial charge is 0.275 e. The molecule has 0 aliphatic carbocycles. The summed E-state index contributed by atoms with van der Waals surface area (Å²) in [7, 11) is 0. The number of aliphatic hydroxyl groups excluding tert-OH is 1. The molecule has 0 saturated carbocycles. The van der Waals surface area contributed by atoms with Crippen molar-refractivity contribution in [3.05, 3.63) is 84.6 Å². The lowest BCUT2D eigenvalue weighted by molar-refractivity contribution is 0.102. The van der Waals surface area contributed by atoms with Crippen LogP contribution in [-0.4, -0.2) is 53.1 Å². The van der Waals surface area contributed by atoms with Crippen LogP contribution in [0.1, 0.15) is 28.8 Å². The average molecular weight is 430 g/mol. The van der Waals surface area contributed by atoms with Crippen molar-refractivity contribution in [3.63, 3.8) is 0 Å². The molecule has 0 radical (unpaired) electrons. The second-order valence-corrected chi connectivity index (χ2v) is 7.10. The number of benzene rings is 1. The largest absolute Gasteiger partial charge is 0.392 e. The van der Waals surface area contributed by atoms with Gasteiger partial charge in [0.2, 0.25) is 5.95 Å². The minimum atomic E-state index is -0.501. The molecule has 0 saturated heterocycles. The van der Waals surface area contributed by atoms with Crippen molar-refractivity contribution in [2.75, 3.05) is 17.2 Å². The first-order chi connectivity index (χ1) is 15.6. The van der Waals surface area contributed by atoms with Gasteiger partial charge in [-0.1, -0.05) is 12.1 Å². The molecular weight excluding hydrogens is 408 g/mol. The van der Waals surface area contributed by atoms with E-state index in [-0.39, 0.29) is 11.6 Å². The SMILES string of the molecule is C[C@H](O)CNc1nccc(-n2ccnc2Cc2ccc(NC(=O)c3cnccn3)cc2)n1. The minimum Gasteiger partial charge on any atom is -0.392 e. The molecule has 3 heterocycles. The van der Waals surface area contributed by atoms with Crippen LogP contribution in [0.2, 0.25) is 0 Å². The number of rotatable bonds is 8. The van der Waals surface area contributed by atoms with E-state index in [2.05, 4.69) is 35.6 Å². The number of hydrogen-bond donors (Lipinski definition) is 3. The fraction of sp³-hybridized carbons (Fsp3) is 0.182. The van der Waals surface area contributed by atoms with E-state index in [1.807, 2.05) is 35.0 Å². The molecular formula is C22H22N8O2. The van der Waals surface area contributed by atoms with Gasteiger partial charge in [0.05, 0.1) is 12.3 Å². The van der Waals surface area contributed by atoms with Gasteiger partial charge in [-0.05, 0) is 30.7 Å². The normalized spacial score (nSPS) is 11.7. The summed E-state index contributed by atoms with van der Waals surface area (Å²) >= 11 is 0. The number of nitrogens with zero attached hydrogens (tertiary/aromatic N) is 6. The standard InChI is InChI=1S/C22H22N8O2/c1-15(31)13-27-22-26-7-6-19(29-22)30-11-10-25-20(30)12-16-2-4-17(5-3-16)28-21(32)18-14-23-8-9-24-18/h2-11,14-15,31H,12-13H2,1H3,(H,28,32)(H,26,27,29)/t15-/m0/s1. The van der Waals surface area contributed by atoms with Crippen molar-refractivity contribution >= 4 is 17.5 Å². The topological polar surface area (TPSA) is 131 Å². The average Bonchev–Trinajstić information content (AvgIpc) is 3.28. The second-order valence-electron chi connectivity index (χ2n) is 7.10. The Morgan fingerprint density at radius 3 is 2.66 bits per heavy atom. The highest BCUT2D eigenvalue weighted by molar-refractivity contribution is 6.02. The molecule has 1 atom stereocenters. The molecule has 10 nitrogen and oxygen atoms in total. The molecule has 3 N–H and O–H groups in total. The van der Waals surface area contributed by atoms with Crippen molar-refractivity contribution in [2.24, 2.45) is 0 Å². The van der Waals surface area contributed by atoms with E-state index >= 15 is 0 Å². The van der Waals surface area contributed by atoms with Crippen LogP contribution in [0.4, 0.5) is 11.6 Å². The molecule has 4 aromatic rings. The Morgan fingerprint density at radius 1 is 1.06 bits per heavy atom. The summed E-state index contributed by atoms with van der Waals surface area (Å²) in [5, 5.41) is 15.2. The van der Waals surface area contributed by atoms with E-state index in [1.54, 1.807) is 25.4 Å². The fourth-order valence-corrected chi connectivity index (χ4v) is 2.98. The van der Waals surface area contributed by atoms with Gasteiger partial charge in [-0.2, -0.15) is 4.98 Å². The number of carbonyl (C=O) groups is 1. The monoisotopic (exact) mass is 430 g/mol. The maximum atomic E-state index is 12.2. The zero-order valence-electron chi connectivity index (χ0n) is 17.4. The summed E-state index contributed by atoms with van der Waals surface area (Å²) < 4.78 is 1.89. The van der Waals surface area contributed by atoms with Crippen LogP contribution in [0.25, 0.3) is 5.82 Å². The quantitative estimate of drug-likeness (QED) is 0.387. The number of imidazole rings is 1. The highest BCUT2D eigenvalue weighted by Gasteiger charge is 2.10. The number of aliphatic hydroxyl groups is 1. The molecule has 3 aromatic heterocycles. The third-order valence-electron chi connectivity index (χ3n) is 4.53. The summed E-state index contributed by atoms with van der Waals surface area (Å²) in [6, 6.07) is 9.32. The Hall–Kier alpha value is -4.18. The number of aromatic nitrogens is 6. The van der Waals surface area contributed by atoms with E-state index in [4.69, 9.17) is 0 Å². The highest BCUT2D eigenvalue weighted by atomic mass is 16.3. The molecule has 0 spiro atoms. The lowest BCUT2D eigenvalue weighted by Gasteiger charge is -2.11. The van der Waals surface area contributed by atoms with Crippen LogP contribution in [0.15, 0.2) is 67.5 Å². The van der Waals surface area contributed by atoms with Crippen LogP contribution in [0.5, 0.6) is 0 Å². The molecule has 0 aliphatic heterocycles. The minimum absolute atomic E-state index is 0.255. The lowest BCUT2D eigenvalue weighted by atomic mass is 10.1. The molecule has 4 rings (SSSR count). The highest BCUT2D eigenvalue weighted by Crippen LogP contribution is 2.16. The van der Waals surface area contributed by atoms with Crippen molar-refractivity contribution < 1.29 is 9.90 Å². The third kappa shape index (κ3) is 5.29. The number of hydrogen-bond acceptors (Lipinski definition) is 8. The van der Waals surface area contributed by atoms with Gasteiger partial charge in [0.1, 0.15) is 17.3 Å². The summed E-state index contributed by atoms with van der Waals surface area (Å²) in [4.78, 5) is 33.2. The predicted molar refractivity (Wildman–Crippen MR) is 119 cm³/mol. The molecule has 0 aliphatic rings. The van der Waals surface area contributed by atoms with Gasteiger partial charge in [0.25, 0.3) is 5.91 Å². The molecule has 1 aromatic carbocycles. The molecule has 0 bridgehead atoms. The lowest BCUT2D eigenvalue weighted by Crippen LogP contribution is -2.17. The van der Waals surface area contributed by atoms with E-state index in [9.17, 15) is 9.90 Å². The third-order valence-corrected chi connectivity index (χ3v) is 4.53. The van der Waals surface area contributed by atoms with Crippen molar-refractivity contribution in [1.82, 2.24) is 29.5 Å². The van der Waals surface area contributed by atoms with Crippen LogP contribution >= 0.6 is 0 Å². The van der Waals surface area contributed by atoms with Crippen LogP contribution in [-0.2, 0) is 6.42 Å². The van der Waals surface area contributed by atoms with Gasteiger partial charge in [-0.15, -0.1) is 0 Å². The van der Waals surface area contributed by atoms with Gasteiger partial charge in [-0.3, -0.25) is 14.3 Å². The van der Waals surface area contributed by atoms with E-state index in [0.29, 0.717) is 30.4 Å². The number of anilines is 2. The zero-order chi connectivity index (χ0) is 22.3. The molecule has 0 fully saturated rings. The van der Waals surface area contributed by atoms with Crippen LogP contribution in [0, 0.1) is 0 Å². The van der Waals surface area contributed by atoms with E-state index in [1.165, 1.54) is 18.6 Å². The fourth-order valence-electron chi connectivity index (χ4n) is 2.98. The Morgan fingerprint density at radius 2 is 1.91 bits per heavy atom. The van der Waals surface area contributed by atoms with Crippen molar-refractivity contribution in [2.45, 2.75) is 19.4 Å². The molecule has 10 heteroatoms. The maximum absolute atomic E-state index is 12.2. The predicted octanol–water partition coefficient (Wildman–Crippen LogP) is 2.09. The number of nitrogens with one attached hydrogen (secondary N) is 2. The second kappa shape index (κ2) is 9.75. The molecule has 162 valence electrons. The Labute approximate surface area is 184 Å². The first kappa shape index (κ1) is 21.1. The Kier molecular flexibility index (Phi) is 6.42. The summed E-state index contributed by atoms with van der Waals surface area (Å²) in [6.45, 7) is 2.05. The van der Waals surface area contributed by atoms with Crippen molar-refractivity contribution in [1.29, 1.82) is 0 Å². The Bertz CT molecular complexity index is 1180. The van der Waals surface area contributed by atoms with Gasteiger partial charge in [-0.25, -0.2) is 15.0 Å².